The molecular weight excluding hydrogens is 408 g/mol. The molecule has 0 amide bonds. The van der Waals surface area contributed by atoms with Gasteiger partial charge in [0.25, 0.3) is 0 Å². The highest BCUT2D eigenvalue weighted by Gasteiger charge is 2.16. The number of methoxy groups -OCH3 is 1. The van der Waals surface area contributed by atoms with Crippen LogP contribution in [0.15, 0.2) is 66.7 Å². The van der Waals surface area contributed by atoms with Gasteiger partial charge in [-0.2, -0.15) is 4.80 Å². The monoisotopic (exact) mass is 428 g/mol. The number of rotatable bonds is 6. The van der Waals surface area contributed by atoms with Crippen LogP contribution in [0.25, 0.3) is 22.5 Å². The predicted octanol–water partition coefficient (Wildman–Crippen LogP) is 3.67. The molecule has 3 aromatic carbocycles. The van der Waals surface area contributed by atoms with Crippen molar-refractivity contribution in [3.8, 4) is 39.8 Å². The highest BCUT2D eigenvalue weighted by molar-refractivity contribution is 5.96. The van der Waals surface area contributed by atoms with Gasteiger partial charge in [-0.15, -0.1) is 10.2 Å². The highest BCUT2D eigenvalue weighted by atomic mass is 16.6. The van der Waals surface area contributed by atoms with Crippen LogP contribution in [0, 0.1) is 0 Å². The Labute approximate surface area is 184 Å². The Morgan fingerprint density at radius 1 is 0.906 bits per heavy atom. The SMILES string of the molecule is COc1ccc(-c2ccc(-c3nnn(CC(=O)c4ccc5c(c4)OCCO5)n3)cc2)cc1. The van der Waals surface area contributed by atoms with Crippen LogP contribution in [0.2, 0.25) is 0 Å². The van der Waals surface area contributed by atoms with E-state index in [1.807, 2.05) is 48.5 Å². The van der Waals surface area contributed by atoms with Crippen LogP contribution in [0.4, 0.5) is 0 Å². The molecule has 2 heterocycles. The number of fused-ring (bicyclic) bond motifs is 1. The summed E-state index contributed by atoms with van der Waals surface area (Å²) in [6, 6.07) is 20.9. The summed E-state index contributed by atoms with van der Waals surface area (Å²) in [5, 5.41) is 12.5. The van der Waals surface area contributed by atoms with Gasteiger partial charge in [-0.1, -0.05) is 36.4 Å². The number of nitrogens with zero attached hydrogens (tertiary/aromatic N) is 4. The van der Waals surface area contributed by atoms with Gasteiger partial charge in [0, 0.05) is 11.1 Å². The van der Waals surface area contributed by atoms with E-state index in [4.69, 9.17) is 14.2 Å². The topological polar surface area (TPSA) is 88.4 Å². The maximum atomic E-state index is 12.7. The van der Waals surface area contributed by atoms with Crippen molar-refractivity contribution in [1.82, 2.24) is 20.2 Å². The molecule has 0 radical (unpaired) electrons. The molecule has 0 bridgehead atoms. The number of carbonyl (C=O) groups excluding carboxylic acids is 1. The maximum absolute atomic E-state index is 12.7. The summed E-state index contributed by atoms with van der Waals surface area (Å²) in [7, 11) is 1.65. The maximum Gasteiger partial charge on any atom is 0.204 e. The van der Waals surface area contributed by atoms with Gasteiger partial charge in [-0.25, -0.2) is 0 Å². The molecule has 0 unspecified atom stereocenters. The van der Waals surface area contributed by atoms with E-state index in [9.17, 15) is 4.79 Å². The van der Waals surface area contributed by atoms with Crippen molar-refractivity contribution in [3.63, 3.8) is 0 Å². The third kappa shape index (κ3) is 4.02. The first kappa shape index (κ1) is 19.7. The van der Waals surface area contributed by atoms with Crippen molar-refractivity contribution < 1.29 is 19.0 Å². The summed E-state index contributed by atoms with van der Waals surface area (Å²) >= 11 is 0. The van der Waals surface area contributed by atoms with E-state index in [1.54, 1.807) is 25.3 Å². The van der Waals surface area contributed by atoms with E-state index in [-0.39, 0.29) is 12.3 Å². The molecule has 0 saturated carbocycles. The molecule has 1 aliphatic heterocycles. The minimum atomic E-state index is -0.138. The Hall–Kier alpha value is -4.20. The van der Waals surface area contributed by atoms with E-state index < -0.39 is 0 Å². The lowest BCUT2D eigenvalue weighted by molar-refractivity contribution is 0.0960. The number of hydrogen-bond acceptors (Lipinski definition) is 7. The average molecular weight is 428 g/mol. The summed E-state index contributed by atoms with van der Waals surface area (Å²) in [5.41, 5.74) is 3.48. The van der Waals surface area contributed by atoms with Crippen molar-refractivity contribution in [2.45, 2.75) is 6.54 Å². The third-order valence-corrected chi connectivity index (χ3v) is 5.17. The minimum Gasteiger partial charge on any atom is -0.497 e. The lowest BCUT2D eigenvalue weighted by Gasteiger charge is -2.18. The molecule has 0 N–H and O–H groups in total. The van der Waals surface area contributed by atoms with E-state index in [2.05, 4.69) is 15.4 Å². The van der Waals surface area contributed by atoms with Gasteiger partial charge in [0.15, 0.2) is 17.3 Å². The van der Waals surface area contributed by atoms with E-state index >= 15 is 0 Å². The number of hydrogen-bond donors (Lipinski definition) is 0. The number of tetrazole rings is 1. The second-order valence-electron chi connectivity index (χ2n) is 7.23. The Bertz CT molecular complexity index is 1250. The molecule has 0 atom stereocenters. The highest BCUT2D eigenvalue weighted by Crippen LogP contribution is 2.31. The average Bonchev–Trinajstić information content (AvgIpc) is 3.32. The second-order valence-corrected chi connectivity index (χ2v) is 7.23. The van der Waals surface area contributed by atoms with Gasteiger partial charge in [0.05, 0.1) is 7.11 Å². The summed E-state index contributed by atoms with van der Waals surface area (Å²) in [5.74, 6) is 2.36. The molecule has 4 aromatic rings. The molecule has 1 aliphatic rings. The third-order valence-electron chi connectivity index (χ3n) is 5.17. The van der Waals surface area contributed by atoms with Crippen LogP contribution in [0.5, 0.6) is 17.2 Å². The fraction of sp³-hybridized carbons (Fsp3) is 0.167. The number of Topliss-reactive ketones (excluding diaryl/α,β-unsaturated/α-hetero) is 1. The molecule has 32 heavy (non-hydrogen) atoms. The molecule has 5 rings (SSSR count). The molecule has 0 aliphatic carbocycles. The fourth-order valence-electron chi connectivity index (χ4n) is 3.46. The normalized spacial score (nSPS) is 12.4. The van der Waals surface area contributed by atoms with Crippen LogP contribution in [-0.2, 0) is 6.54 Å². The summed E-state index contributed by atoms with van der Waals surface area (Å²) < 4.78 is 16.2. The van der Waals surface area contributed by atoms with Crippen LogP contribution in [0.1, 0.15) is 10.4 Å². The Balaban J connectivity index is 1.28. The van der Waals surface area contributed by atoms with Crippen LogP contribution >= 0.6 is 0 Å². The molecule has 0 spiro atoms. The van der Waals surface area contributed by atoms with Gasteiger partial charge in [0.2, 0.25) is 5.82 Å². The Morgan fingerprint density at radius 2 is 1.56 bits per heavy atom. The Kier molecular flexibility index (Phi) is 5.25. The van der Waals surface area contributed by atoms with Crippen molar-refractivity contribution >= 4 is 5.78 Å². The number of benzene rings is 3. The second kappa shape index (κ2) is 8.50. The smallest absolute Gasteiger partial charge is 0.204 e. The number of aromatic nitrogens is 4. The lowest BCUT2D eigenvalue weighted by Crippen LogP contribution is -2.17. The Morgan fingerprint density at radius 3 is 2.28 bits per heavy atom. The van der Waals surface area contributed by atoms with Gasteiger partial charge in [-0.05, 0) is 46.7 Å². The van der Waals surface area contributed by atoms with E-state index in [0.717, 1.165) is 22.4 Å². The van der Waals surface area contributed by atoms with E-state index in [0.29, 0.717) is 36.1 Å². The standard InChI is InChI=1S/C24H20N4O4/c1-30-20-9-6-17(7-10-20)16-2-4-18(5-3-16)24-25-27-28(26-24)15-21(29)19-8-11-22-23(14-19)32-13-12-31-22/h2-11,14H,12-13,15H2,1H3. The number of ether oxygens (including phenoxy) is 3. The summed E-state index contributed by atoms with van der Waals surface area (Å²) in [4.78, 5) is 14.0. The van der Waals surface area contributed by atoms with Crippen molar-refractivity contribution in [2.24, 2.45) is 0 Å². The van der Waals surface area contributed by atoms with Crippen LogP contribution in [-0.4, -0.2) is 46.3 Å². The van der Waals surface area contributed by atoms with E-state index in [1.165, 1.54) is 4.80 Å². The van der Waals surface area contributed by atoms with Crippen LogP contribution < -0.4 is 14.2 Å². The van der Waals surface area contributed by atoms with Gasteiger partial charge in [0.1, 0.15) is 25.5 Å². The predicted molar refractivity (Wildman–Crippen MR) is 117 cm³/mol. The van der Waals surface area contributed by atoms with Gasteiger partial charge < -0.3 is 14.2 Å². The molecule has 8 nitrogen and oxygen atoms in total. The molecule has 160 valence electrons. The van der Waals surface area contributed by atoms with Crippen molar-refractivity contribution in [2.75, 3.05) is 20.3 Å². The van der Waals surface area contributed by atoms with Crippen LogP contribution in [0.3, 0.4) is 0 Å². The molecule has 8 heteroatoms. The number of carbonyl (C=O) groups is 1. The molecule has 0 saturated heterocycles. The minimum absolute atomic E-state index is 0.0173. The zero-order valence-electron chi connectivity index (χ0n) is 17.4. The first-order chi connectivity index (χ1) is 15.7. The quantitative estimate of drug-likeness (QED) is 0.433. The zero-order valence-corrected chi connectivity index (χ0v) is 17.4. The lowest BCUT2D eigenvalue weighted by atomic mass is 10.0. The van der Waals surface area contributed by atoms with Crippen molar-refractivity contribution in [3.05, 3.63) is 72.3 Å². The first-order valence-electron chi connectivity index (χ1n) is 10.1. The van der Waals surface area contributed by atoms with Crippen molar-refractivity contribution in [1.29, 1.82) is 0 Å². The first-order valence-corrected chi connectivity index (χ1v) is 10.1. The molecular formula is C24H20N4O4. The largest absolute Gasteiger partial charge is 0.497 e. The van der Waals surface area contributed by atoms with Gasteiger partial charge in [-0.3, -0.25) is 4.79 Å². The zero-order chi connectivity index (χ0) is 21.9. The fourth-order valence-corrected chi connectivity index (χ4v) is 3.46. The summed E-state index contributed by atoms with van der Waals surface area (Å²) in [6.07, 6.45) is 0. The number of ketones is 1. The summed E-state index contributed by atoms with van der Waals surface area (Å²) in [6.45, 7) is 0.958. The van der Waals surface area contributed by atoms with Gasteiger partial charge >= 0.3 is 0 Å². The molecule has 0 fully saturated rings. The molecule has 1 aromatic heterocycles.